The second-order valence-electron chi connectivity index (χ2n) is 3.70. The molecular formula is C10H15Cl2N5. The first-order valence-corrected chi connectivity index (χ1v) is 5.19. The number of hydrogen-bond acceptors (Lipinski definition) is 4. The zero-order valence-corrected chi connectivity index (χ0v) is 10.9. The molecule has 0 unspecified atom stereocenters. The van der Waals surface area contributed by atoms with Gasteiger partial charge in [0.25, 0.3) is 0 Å². The molecule has 0 amide bonds. The van der Waals surface area contributed by atoms with Gasteiger partial charge in [0.2, 0.25) is 0 Å². The average Bonchev–Trinajstić information content (AvgIpc) is 2.78. The minimum Gasteiger partial charge on any atom is -0.368 e. The summed E-state index contributed by atoms with van der Waals surface area (Å²) in [4.78, 5) is 6.61. The maximum absolute atomic E-state index is 4.24. The highest BCUT2D eigenvalue weighted by Gasteiger charge is 2.13. The Morgan fingerprint density at radius 3 is 2.71 bits per heavy atom. The molecule has 2 aromatic rings. The first-order valence-electron chi connectivity index (χ1n) is 5.19. The summed E-state index contributed by atoms with van der Waals surface area (Å²) in [6, 6.07) is 2.06. The third-order valence-electron chi connectivity index (χ3n) is 2.79. The molecule has 1 saturated heterocycles. The molecule has 7 heteroatoms. The van der Waals surface area contributed by atoms with E-state index in [4.69, 9.17) is 0 Å². The molecule has 17 heavy (non-hydrogen) atoms. The van der Waals surface area contributed by atoms with Crippen molar-refractivity contribution in [3.63, 3.8) is 0 Å². The lowest BCUT2D eigenvalue weighted by atomic mass is 10.2. The molecule has 0 aliphatic carbocycles. The lowest BCUT2D eigenvalue weighted by Crippen LogP contribution is -2.43. The molecule has 0 radical (unpaired) electrons. The number of nitrogens with one attached hydrogen (secondary N) is 2. The Balaban J connectivity index is 0.000000722. The van der Waals surface area contributed by atoms with Crippen LogP contribution in [0.2, 0.25) is 0 Å². The summed E-state index contributed by atoms with van der Waals surface area (Å²) < 4.78 is 0. The first-order chi connectivity index (χ1) is 7.45. The number of piperazine rings is 1. The molecule has 0 spiro atoms. The SMILES string of the molecule is Cl.Cl.c1cc(N2CCNCC2)c2cn[nH]c2n1. The van der Waals surface area contributed by atoms with E-state index < -0.39 is 0 Å². The Morgan fingerprint density at radius 1 is 1.18 bits per heavy atom. The van der Waals surface area contributed by atoms with Gasteiger partial charge in [-0.15, -0.1) is 24.8 Å². The second-order valence-corrected chi connectivity index (χ2v) is 3.70. The van der Waals surface area contributed by atoms with Crippen molar-refractivity contribution in [2.75, 3.05) is 31.1 Å². The predicted octanol–water partition coefficient (Wildman–Crippen LogP) is 1.21. The molecular weight excluding hydrogens is 261 g/mol. The molecule has 3 rings (SSSR count). The van der Waals surface area contributed by atoms with E-state index in [1.165, 1.54) is 5.69 Å². The summed E-state index contributed by atoms with van der Waals surface area (Å²) in [7, 11) is 0. The number of aromatic nitrogens is 3. The van der Waals surface area contributed by atoms with Gasteiger partial charge in [0.15, 0.2) is 5.65 Å². The molecule has 2 aromatic heterocycles. The van der Waals surface area contributed by atoms with Gasteiger partial charge < -0.3 is 10.2 Å². The molecule has 0 saturated carbocycles. The van der Waals surface area contributed by atoms with Gasteiger partial charge in [-0.2, -0.15) is 5.10 Å². The van der Waals surface area contributed by atoms with E-state index in [1.54, 1.807) is 0 Å². The number of hydrogen-bond donors (Lipinski definition) is 2. The Hall–Kier alpha value is -1.04. The average molecular weight is 276 g/mol. The molecule has 0 aromatic carbocycles. The Kier molecular flexibility index (Phi) is 4.99. The summed E-state index contributed by atoms with van der Waals surface area (Å²) >= 11 is 0. The van der Waals surface area contributed by atoms with Gasteiger partial charge in [-0.05, 0) is 6.07 Å². The highest BCUT2D eigenvalue weighted by Crippen LogP contribution is 2.23. The fourth-order valence-corrected chi connectivity index (χ4v) is 2.02. The standard InChI is InChI=1S/C10H13N5.2ClH/c1-2-12-10-8(7-13-14-10)9(1)15-5-3-11-4-6-15;;/h1-2,7,11H,3-6H2,(H,12,13,14);2*1H. The third kappa shape index (κ3) is 2.62. The topological polar surface area (TPSA) is 56.8 Å². The summed E-state index contributed by atoms with van der Waals surface area (Å²) in [6.07, 6.45) is 3.68. The lowest BCUT2D eigenvalue weighted by molar-refractivity contribution is 0.590. The lowest BCUT2D eigenvalue weighted by Gasteiger charge is -2.29. The summed E-state index contributed by atoms with van der Waals surface area (Å²) in [5.74, 6) is 0. The van der Waals surface area contributed by atoms with E-state index in [1.807, 2.05) is 12.4 Å². The van der Waals surface area contributed by atoms with Crippen LogP contribution in [-0.2, 0) is 0 Å². The molecule has 1 aliphatic heterocycles. The minimum atomic E-state index is 0. The maximum atomic E-state index is 4.24. The summed E-state index contributed by atoms with van der Waals surface area (Å²) in [6.45, 7) is 4.18. The van der Waals surface area contributed by atoms with Gasteiger partial charge in [-0.25, -0.2) is 4.98 Å². The molecule has 0 bridgehead atoms. The molecule has 94 valence electrons. The number of aromatic amines is 1. The van der Waals surface area contributed by atoms with Crippen LogP contribution in [-0.4, -0.2) is 41.4 Å². The molecule has 3 heterocycles. The van der Waals surface area contributed by atoms with E-state index in [2.05, 4.69) is 31.5 Å². The largest absolute Gasteiger partial charge is 0.368 e. The number of halogens is 2. The molecule has 1 fully saturated rings. The van der Waals surface area contributed by atoms with Gasteiger partial charge in [0.1, 0.15) is 0 Å². The van der Waals surface area contributed by atoms with Gasteiger partial charge in [0, 0.05) is 32.4 Å². The fourth-order valence-electron chi connectivity index (χ4n) is 2.02. The fraction of sp³-hybridized carbons (Fsp3) is 0.400. The number of H-pyrrole nitrogens is 1. The van der Waals surface area contributed by atoms with Crippen molar-refractivity contribution in [2.24, 2.45) is 0 Å². The number of rotatable bonds is 1. The number of anilines is 1. The number of fused-ring (bicyclic) bond motifs is 1. The summed E-state index contributed by atoms with van der Waals surface area (Å²) in [5, 5.41) is 11.4. The van der Waals surface area contributed by atoms with Crippen LogP contribution in [0.4, 0.5) is 5.69 Å². The smallest absolute Gasteiger partial charge is 0.157 e. The minimum absolute atomic E-state index is 0. The number of nitrogens with zero attached hydrogens (tertiary/aromatic N) is 3. The quantitative estimate of drug-likeness (QED) is 0.822. The van der Waals surface area contributed by atoms with Crippen molar-refractivity contribution < 1.29 is 0 Å². The molecule has 0 atom stereocenters. The Morgan fingerprint density at radius 2 is 1.94 bits per heavy atom. The monoisotopic (exact) mass is 275 g/mol. The van der Waals surface area contributed by atoms with Crippen molar-refractivity contribution in [2.45, 2.75) is 0 Å². The van der Waals surface area contributed by atoms with Gasteiger partial charge in [-0.1, -0.05) is 0 Å². The predicted molar refractivity (Wildman–Crippen MR) is 73.5 cm³/mol. The van der Waals surface area contributed by atoms with Crippen LogP contribution in [0.25, 0.3) is 11.0 Å². The van der Waals surface area contributed by atoms with E-state index >= 15 is 0 Å². The zero-order valence-electron chi connectivity index (χ0n) is 9.22. The Bertz CT molecular complexity index is 466. The zero-order chi connectivity index (χ0) is 10.1. The highest BCUT2D eigenvalue weighted by atomic mass is 35.5. The van der Waals surface area contributed by atoms with Gasteiger partial charge in [0.05, 0.1) is 17.3 Å². The van der Waals surface area contributed by atoms with Gasteiger partial charge >= 0.3 is 0 Å². The van der Waals surface area contributed by atoms with E-state index in [0.29, 0.717) is 0 Å². The Labute approximate surface area is 112 Å². The first kappa shape index (κ1) is 14.0. The van der Waals surface area contributed by atoms with Crippen molar-refractivity contribution in [3.05, 3.63) is 18.5 Å². The number of pyridine rings is 1. The normalized spacial score (nSPS) is 15.2. The van der Waals surface area contributed by atoms with Gasteiger partial charge in [-0.3, -0.25) is 5.10 Å². The molecule has 5 nitrogen and oxygen atoms in total. The van der Waals surface area contributed by atoms with Crippen LogP contribution >= 0.6 is 24.8 Å². The maximum Gasteiger partial charge on any atom is 0.157 e. The highest BCUT2D eigenvalue weighted by molar-refractivity contribution is 5.88. The van der Waals surface area contributed by atoms with Crippen LogP contribution in [0.15, 0.2) is 18.5 Å². The van der Waals surface area contributed by atoms with Crippen LogP contribution in [0.5, 0.6) is 0 Å². The van der Waals surface area contributed by atoms with Crippen molar-refractivity contribution >= 4 is 41.5 Å². The van der Waals surface area contributed by atoms with Crippen molar-refractivity contribution in [1.82, 2.24) is 20.5 Å². The van der Waals surface area contributed by atoms with Crippen LogP contribution in [0.1, 0.15) is 0 Å². The van der Waals surface area contributed by atoms with Crippen molar-refractivity contribution in [3.8, 4) is 0 Å². The van der Waals surface area contributed by atoms with Crippen molar-refractivity contribution in [1.29, 1.82) is 0 Å². The van der Waals surface area contributed by atoms with Crippen LogP contribution in [0.3, 0.4) is 0 Å². The third-order valence-corrected chi connectivity index (χ3v) is 2.79. The summed E-state index contributed by atoms with van der Waals surface area (Å²) in [5.41, 5.74) is 2.10. The molecule has 2 N–H and O–H groups in total. The van der Waals surface area contributed by atoms with Crippen LogP contribution in [0, 0.1) is 0 Å². The van der Waals surface area contributed by atoms with E-state index in [-0.39, 0.29) is 24.8 Å². The van der Waals surface area contributed by atoms with Crippen LogP contribution < -0.4 is 10.2 Å². The second kappa shape index (κ2) is 6.05. The van der Waals surface area contributed by atoms with E-state index in [9.17, 15) is 0 Å². The van der Waals surface area contributed by atoms with E-state index in [0.717, 1.165) is 37.2 Å². The molecule has 1 aliphatic rings.